The molecule has 2 N–H and O–H groups in total. The molecule has 0 heterocycles. The summed E-state index contributed by atoms with van der Waals surface area (Å²) in [7, 11) is 0. The Morgan fingerprint density at radius 2 is 1.62 bits per heavy atom. The van der Waals surface area contributed by atoms with E-state index in [2.05, 4.69) is 0 Å². The molecule has 0 radical (unpaired) electrons. The van der Waals surface area contributed by atoms with Crippen molar-refractivity contribution in [3.63, 3.8) is 0 Å². The van der Waals surface area contributed by atoms with Crippen LogP contribution in [0.15, 0.2) is 52.3 Å². The van der Waals surface area contributed by atoms with Crippen molar-refractivity contribution < 1.29 is 4.39 Å². The Kier molecular flexibility index (Phi) is 3.15. The van der Waals surface area contributed by atoms with E-state index in [1.807, 2.05) is 30.3 Å². The standard InChI is InChI=1S/C13H12FNS/c1-9-8-12(6-7-13(9)14)16-11-4-2-10(15)3-5-11/h2-8H,15H2,1H3. The largest absolute Gasteiger partial charge is 0.399 e. The van der Waals surface area contributed by atoms with Crippen LogP contribution in [0.5, 0.6) is 0 Å². The van der Waals surface area contributed by atoms with Crippen molar-refractivity contribution in [3.05, 3.63) is 53.8 Å². The molecule has 0 atom stereocenters. The van der Waals surface area contributed by atoms with Crippen LogP contribution >= 0.6 is 11.8 Å². The van der Waals surface area contributed by atoms with E-state index in [0.717, 1.165) is 15.5 Å². The second-order valence-corrected chi connectivity index (χ2v) is 4.73. The minimum absolute atomic E-state index is 0.165. The molecule has 0 saturated carbocycles. The summed E-state index contributed by atoms with van der Waals surface area (Å²) in [6.45, 7) is 1.77. The minimum Gasteiger partial charge on any atom is -0.399 e. The lowest BCUT2D eigenvalue weighted by Gasteiger charge is -2.03. The molecule has 1 nitrogen and oxygen atoms in total. The molecule has 0 aliphatic carbocycles. The van der Waals surface area contributed by atoms with Crippen molar-refractivity contribution in [2.45, 2.75) is 16.7 Å². The second kappa shape index (κ2) is 4.58. The van der Waals surface area contributed by atoms with Gasteiger partial charge in [0.05, 0.1) is 0 Å². The first-order valence-electron chi connectivity index (χ1n) is 4.95. The van der Waals surface area contributed by atoms with Gasteiger partial charge < -0.3 is 5.73 Å². The average Bonchev–Trinajstić information content (AvgIpc) is 2.27. The Hall–Kier alpha value is -1.48. The van der Waals surface area contributed by atoms with E-state index in [-0.39, 0.29) is 5.82 Å². The maximum atomic E-state index is 13.1. The summed E-state index contributed by atoms with van der Waals surface area (Å²) < 4.78 is 13.1. The molecule has 16 heavy (non-hydrogen) atoms. The first kappa shape index (κ1) is 11.0. The molecular weight excluding hydrogens is 221 g/mol. The van der Waals surface area contributed by atoms with Crippen LogP contribution in [0.3, 0.4) is 0 Å². The molecule has 0 unspecified atom stereocenters. The highest BCUT2D eigenvalue weighted by molar-refractivity contribution is 7.99. The van der Waals surface area contributed by atoms with Crippen molar-refractivity contribution >= 4 is 17.4 Å². The molecule has 0 bridgehead atoms. The smallest absolute Gasteiger partial charge is 0.126 e. The Morgan fingerprint density at radius 3 is 2.25 bits per heavy atom. The molecule has 0 saturated heterocycles. The first-order valence-corrected chi connectivity index (χ1v) is 5.76. The van der Waals surface area contributed by atoms with Crippen molar-refractivity contribution in [1.82, 2.24) is 0 Å². The maximum absolute atomic E-state index is 13.1. The Balaban J connectivity index is 2.20. The molecule has 0 aliphatic rings. The molecule has 0 aliphatic heterocycles. The van der Waals surface area contributed by atoms with Crippen molar-refractivity contribution in [1.29, 1.82) is 0 Å². The Bertz CT molecular complexity index is 494. The van der Waals surface area contributed by atoms with E-state index in [9.17, 15) is 4.39 Å². The minimum atomic E-state index is -0.165. The summed E-state index contributed by atoms with van der Waals surface area (Å²) in [5.41, 5.74) is 7.02. The average molecular weight is 233 g/mol. The van der Waals surface area contributed by atoms with Gasteiger partial charge in [-0.2, -0.15) is 0 Å². The molecule has 2 aromatic carbocycles. The number of halogens is 1. The van der Waals surface area contributed by atoms with E-state index in [1.54, 1.807) is 24.8 Å². The third-order valence-corrected chi connectivity index (χ3v) is 3.24. The van der Waals surface area contributed by atoms with Crippen LogP contribution in [0.4, 0.5) is 10.1 Å². The Labute approximate surface area is 98.5 Å². The number of hydrogen-bond donors (Lipinski definition) is 1. The van der Waals surface area contributed by atoms with E-state index in [4.69, 9.17) is 5.73 Å². The maximum Gasteiger partial charge on any atom is 0.126 e. The number of nitrogen functional groups attached to an aromatic ring is 1. The third-order valence-electron chi connectivity index (χ3n) is 2.25. The monoisotopic (exact) mass is 233 g/mol. The predicted octanol–water partition coefficient (Wildman–Crippen LogP) is 3.87. The van der Waals surface area contributed by atoms with E-state index in [1.165, 1.54) is 6.07 Å². The van der Waals surface area contributed by atoms with Crippen LogP contribution < -0.4 is 5.73 Å². The highest BCUT2D eigenvalue weighted by Gasteiger charge is 2.01. The highest BCUT2D eigenvalue weighted by atomic mass is 32.2. The number of aryl methyl sites for hydroxylation is 1. The number of hydrogen-bond acceptors (Lipinski definition) is 2. The van der Waals surface area contributed by atoms with E-state index < -0.39 is 0 Å². The fraction of sp³-hybridized carbons (Fsp3) is 0.0769. The van der Waals surface area contributed by atoms with Gasteiger partial charge in [-0.1, -0.05) is 11.8 Å². The summed E-state index contributed by atoms with van der Waals surface area (Å²) in [6.07, 6.45) is 0. The Morgan fingerprint density at radius 1 is 1.00 bits per heavy atom. The lowest BCUT2D eigenvalue weighted by atomic mass is 10.2. The lowest BCUT2D eigenvalue weighted by molar-refractivity contribution is 0.617. The van der Waals surface area contributed by atoms with Gasteiger partial charge in [0.2, 0.25) is 0 Å². The summed E-state index contributed by atoms with van der Waals surface area (Å²) in [5.74, 6) is -0.165. The zero-order chi connectivity index (χ0) is 11.5. The fourth-order valence-corrected chi connectivity index (χ4v) is 2.27. The molecule has 3 heteroatoms. The summed E-state index contributed by atoms with van der Waals surface area (Å²) in [5, 5.41) is 0. The normalized spacial score (nSPS) is 10.4. The van der Waals surface area contributed by atoms with Crippen LogP contribution in [0.2, 0.25) is 0 Å². The van der Waals surface area contributed by atoms with Gasteiger partial charge in [0.25, 0.3) is 0 Å². The van der Waals surface area contributed by atoms with Crippen LogP contribution in [-0.2, 0) is 0 Å². The summed E-state index contributed by atoms with van der Waals surface area (Å²) in [4.78, 5) is 2.13. The van der Waals surface area contributed by atoms with Gasteiger partial charge in [-0.25, -0.2) is 4.39 Å². The van der Waals surface area contributed by atoms with Gasteiger partial charge in [0.15, 0.2) is 0 Å². The number of benzene rings is 2. The van der Waals surface area contributed by atoms with Crippen molar-refractivity contribution in [2.75, 3.05) is 5.73 Å². The van der Waals surface area contributed by atoms with Crippen molar-refractivity contribution in [2.24, 2.45) is 0 Å². The quantitative estimate of drug-likeness (QED) is 0.797. The van der Waals surface area contributed by atoms with Crippen molar-refractivity contribution in [3.8, 4) is 0 Å². The molecule has 2 rings (SSSR count). The van der Waals surface area contributed by atoms with Gasteiger partial charge >= 0.3 is 0 Å². The topological polar surface area (TPSA) is 26.0 Å². The van der Waals surface area contributed by atoms with Crippen LogP contribution in [-0.4, -0.2) is 0 Å². The molecule has 82 valence electrons. The zero-order valence-electron chi connectivity index (χ0n) is 8.91. The lowest BCUT2D eigenvalue weighted by Crippen LogP contribution is -1.84. The summed E-state index contributed by atoms with van der Waals surface area (Å²) >= 11 is 1.60. The molecule has 0 fully saturated rings. The van der Waals surface area contributed by atoms with Gasteiger partial charge in [0.1, 0.15) is 5.82 Å². The number of rotatable bonds is 2. The molecule has 0 amide bonds. The van der Waals surface area contributed by atoms with Gasteiger partial charge in [0, 0.05) is 15.5 Å². The fourth-order valence-electron chi connectivity index (χ4n) is 1.35. The van der Waals surface area contributed by atoms with E-state index in [0.29, 0.717) is 5.56 Å². The molecule has 0 aromatic heterocycles. The second-order valence-electron chi connectivity index (χ2n) is 3.58. The molecule has 2 aromatic rings. The van der Waals surface area contributed by atoms with Gasteiger partial charge in [-0.15, -0.1) is 0 Å². The van der Waals surface area contributed by atoms with Gasteiger partial charge in [-0.3, -0.25) is 0 Å². The predicted molar refractivity (Wildman–Crippen MR) is 66.1 cm³/mol. The zero-order valence-corrected chi connectivity index (χ0v) is 9.72. The van der Waals surface area contributed by atoms with Crippen LogP contribution in [0, 0.1) is 12.7 Å². The SMILES string of the molecule is Cc1cc(Sc2ccc(N)cc2)ccc1F. The highest BCUT2D eigenvalue weighted by Crippen LogP contribution is 2.29. The number of nitrogens with two attached hydrogens (primary N) is 1. The third kappa shape index (κ3) is 2.55. The first-order chi connectivity index (χ1) is 7.65. The van der Waals surface area contributed by atoms with Crippen LogP contribution in [0.25, 0.3) is 0 Å². The van der Waals surface area contributed by atoms with Crippen LogP contribution in [0.1, 0.15) is 5.56 Å². The molecular formula is C13H12FNS. The molecule has 0 spiro atoms. The van der Waals surface area contributed by atoms with Gasteiger partial charge in [-0.05, 0) is 55.0 Å². The summed E-state index contributed by atoms with van der Waals surface area (Å²) in [6, 6.07) is 12.8. The number of anilines is 1. The van der Waals surface area contributed by atoms with E-state index >= 15 is 0 Å².